The van der Waals surface area contributed by atoms with Crippen LogP contribution in [-0.4, -0.2) is 65.3 Å². The highest BCUT2D eigenvalue weighted by molar-refractivity contribution is 7.80. The highest BCUT2D eigenvalue weighted by Crippen LogP contribution is 2.12. The van der Waals surface area contributed by atoms with Gasteiger partial charge in [0.1, 0.15) is 29.9 Å². The quantitative estimate of drug-likeness (QED) is 0.127. The number of nitrogens with one attached hydrogen (secondary N) is 4. The molecule has 202 valence electrons. The van der Waals surface area contributed by atoms with Crippen LogP contribution in [0.3, 0.4) is 0 Å². The van der Waals surface area contributed by atoms with Crippen LogP contribution in [-0.2, 0) is 28.7 Å². The van der Waals surface area contributed by atoms with Crippen molar-refractivity contribution in [1.29, 1.82) is 0 Å². The molecule has 36 heavy (non-hydrogen) atoms. The van der Waals surface area contributed by atoms with Crippen LogP contribution in [0.5, 0.6) is 0 Å². The molecule has 4 amide bonds. The van der Waals surface area contributed by atoms with Gasteiger partial charge in [-0.05, 0) is 37.0 Å². The lowest BCUT2D eigenvalue weighted by molar-refractivity contribution is -0.153. The lowest BCUT2D eigenvalue weighted by Gasteiger charge is -2.27. The van der Waals surface area contributed by atoms with Crippen molar-refractivity contribution >= 4 is 54.9 Å². The maximum absolute atomic E-state index is 13.0. The van der Waals surface area contributed by atoms with E-state index in [4.69, 9.17) is 4.74 Å². The van der Waals surface area contributed by atoms with Crippen LogP contribution in [0.4, 0.5) is 0 Å². The summed E-state index contributed by atoms with van der Waals surface area (Å²) in [6.45, 7) is 8.51. The van der Waals surface area contributed by atoms with Gasteiger partial charge in [-0.15, -0.1) is 0 Å². The Morgan fingerprint density at radius 3 is 2.11 bits per heavy atom. The fourth-order valence-corrected chi connectivity index (χ4v) is 3.70. The van der Waals surface area contributed by atoms with Crippen LogP contribution in [0.2, 0.25) is 0 Å². The van der Waals surface area contributed by atoms with Crippen LogP contribution >= 0.6 is 25.3 Å². The van der Waals surface area contributed by atoms with Gasteiger partial charge in [-0.2, -0.15) is 25.3 Å². The van der Waals surface area contributed by atoms with Gasteiger partial charge in [0, 0.05) is 5.75 Å². The number of ether oxygens (including phenoxy) is 1. The van der Waals surface area contributed by atoms with E-state index >= 15 is 0 Å². The number of esters is 1. The molecule has 10 nitrogen and oxygen atoms in total. The van der Waals surface area contributed by atoms with Crippen LogP contribution in [0.25, 0.3) is 0 Å². The molecule has 0 saturated carbocycles. The van der Waals surface area contributed by atoms with Gasteiger partial charge in [0.2, 0.25) is 17.7 Å². The molecule has 12 heteroatoms. The monoisotopic (exact) mass is 542 g/mol. The Hall–Kier alpha value is -2.47. The number of hydrogen-bond acceptors (Lipinski definition) is 8. The third-order valence-corrected chi connectivity index (χ3v) is 6.00. The minimum absolute atomic E-state index is 0.0477. The molecule has 0 unspecified atom stereocenters. The predicted molar refractivity (Wildman–Crippen MR) is 143 cm³/mol. The van der Waals surface area contributed by atoms with E-state index in [1.54, 1.807) is 46.8 Å². The Morgan fingerprint density at radius 2 is 1.58 bits per heavy atom. The topological polar surface area (TPSA) is 143 Å². The zero-order chi connectivity index (χ0) is 27.4. The fraction of sp³-hybridized carbons (Fsp3) is 0.625. The summed E-state index contributed by atoms with van der Waals surface area (Å²) >= 11 is 8.31. The molecule has 0 aromatic rings. The molecule has 0 spiro atoms. The van der Waals surface area contributed by atoms with Crippen molar-refractivity contribution in [3.8, 4) is 0 Å². The number of cyclic esters (lactones) is 1. The molecule has 0 aromatic carbocycles. The summed E-state index contributed by atoms with van der Waals surface area (Å²) in [5.41, 5.74) is -0.0921. The largest absolute Gasteiger partial charge is 0.456 e. The summed E-state index contributed by atoms with van der Waals surface area (Å²) in [6, 6.07) is -3.06. The second-order valence-corrected chi connectivity index (χ2v) is 9.85. The zero-order valence-electron chi connectivity index (χ0n) is 21.4. The van der Waals surface area contributed by atoms with E-state index in [-0.39, 0.29) is 29.7 Å². The van der Waals surface area contributed by atoms with Crippen LogP contribution in [0, 0.1) is 11.8 Å². The van der Waals surface area contributed by atoms with E-state index in [9.17, 15) is 24.0 Å². The Kier molecular flexibility index (Phi) is 13.7. The molecule has 1 fully saturated rings. The molecule has 0 radical (unpaired) electrons. The Bertz CT molecular complexity index is 875. The van der Waals surface area contributed by atoms with Crippen molar-refractivity contribution in [3.63, 3.8) is 0 Å². The summed E-state index contributed by atoms with van der Waals surface area (Å²) in [6.07, 6.45) is 4.16. The summed E-state index contributed by atoms with van der Waals surface area (Å²) in [4.78, 5) is 64.5. The van der Waals surface area contributed by atoms with Crippen LogP contribution in [0.1, 0.15) is 47.5 Å². The lowest BCUT2D eigenvalue weighted by Crippen LogP contribution is -2.57. The molecular formula is C24H38N4O6S2. The average Bonchev–Trinajstić information content (AvgIpc) is 2.81. The highest BCUT2D eigenvalue weighted by Gasteiger charge is 2.33. The second-order valence-electron chi connectivity index (χ2n) is 9.04. The van der Waals surface area contributed by atoms with Gasteiger partial charge in [-0.3, -0.25) is 19.2 Å². The van der Waals surface area contributed by atoms with Crippen molar-refractivity contribution in [1.82, 2.24) is 21.3 Å². The molecule has 0 aromatic heterocycles. The van der Waals surface area contributed by atoms with Gasteiger partial charge in [0.05, 0.1) is 6.42 Å². The molecule has 1 aliphatic rings. The number of carbonyl (C=O) groups is 5. The average molecular weight is 543 g/mol. The molecule has 1 heterocycles. The van der Waals surface area contributed by atoms with E-state index in [0.29, 0.717) is 12.2 Å². The van der Waals surface area contributed by atoms with Crippen LogP contribution in [0.15, 0.2) is 23.9 Å². The Labute approximate surface area is 223 Å². The molecule has 1 aliphatic heterocycles. The second kappa shape index (κ2) is 15.6. The van der Waals surface area contributed by atoms with Gasteiger partial charge in [-0.1, -0.05) is 39.8 Å². The molecule has 0 aliphatic carbocycles. The number of amides is 4. The predicted octanol–water partition coefficient (Wildman–Crippen LogP) is 0.894. The summed E-state index contributed by atoms with van der Waals surface area (Å²) < 4.78 is 5.59. The first kappa shape index (κ1) is 31.6. The SMILES string of the molecule is C/C=C1\NC(=O)[C@@H](CS)NC(=O)[C@H](C(C)C)NC(=O)C[C@@H](/C=C/CCS)OC(=O)[C@H](C(C)C)NC1=O. The van der Waals surface area contributed by atoms with E-state index in [0.717, 1.165) is 0 Å². The Balaban J connectivity index is 3.43. The first-order valence-corrected chi connectivity index (χ1v) is 13.2. The van der Waals surface area contributed by atoms with Gasteiger partial charge in [0.25, 0.3) is 5.91 Å². The number of thiol groups is 2. The van der Waals surface area contributed by atoms with Gasteiger partial charge in [-0.25, -0.2) is 4.79 Å². The minimum Gasteiger partial charge on any atom is -0.456 e. The molecule has 0 bridgehead atoms. The van der Waals surface area contributed by atoms with Crippen molar-refractivity contribution in [2.75, 3.05) is 11.5 Å². The number of hydrogen-bond donors (Lipinski definition) is 6. The molecule has 4 atom stereocenters. The van der Waals surface area contributed by atoms with E-state index in [2.05, 4.69) is 46.5 Å². The fourth-order valence-electron chi connectivity index (χ4n) is 3.30. The highest BCUT2D eigenvalue weighted by atomic mass is 32.1. The van der Waals surface area contributed by atoms with Gasteiger partial charge >= 0.3 is 5.97 Å². The first-order valence-electron chi connectivity index (χ1n) is 11.9. The van der Waals surface area contributed by atoms with Crippen LogP contribution < -0.4 is 21.3 Å². The number of allylic oxidation sites excluding steroid dienone is 2. The maximum atomic E-state index is 13.0. The van der Waals surface area contributed by atoms with Crippen molar-refractivity contribution in [2.45, 2.75) is 71.7 Å². The number of rotatable bonds is 6. The summed E-state index contributed by atoms with van der Waals surface area (Å²) in [5.74, 6) is -3.32. The summed E-state index contributed by atoms with van der Waals surface area (Å²) in [7, 11) is 0. The lowest BCUT2D eigenvalue weighted by atomic mass is 10.0. The third kappa shape index (κ3) is 9.88. The van der Waals surface area contributed by atoms with E-state index in [1.165, 1.54) is 6.08 Å². The maximum Gasteiger partial charge on any atom is 0.329 e. The zero-order valence-corrected chi connectivity index (χ0v) is 23.2. The third-order valence-electron chi connectivity index (χ3n) is 5.38. The molecule has 1 saturated heterocycles. The molecular weight excluding hydrogens is 504 g/mol. The smallest absolute Gasteiger partial charge is 0.329 e. The molecule has 1 rings (SSSR count). The summed E-state index contributed by atoms with van der Waals surface area (Å²) in [5, 5.41) is 10.3. The van der Waals surface area contributed by atoms with E-state index in [1.807, 2.05) is 0 Å². The minimum atomic E-state index is -1.07. The van der Waals surface area contributed by atoms with Crippen molar-refractivity contribution in [3.05, 3.63) is 23.9 Å². The first-order chi connectivity index (χ1) is 16.9. The van der Waals surface area contributed by atoms with Crippen molar-refractivity contribution in [2.24, 2.45) is 11.8 Å². The normalized spacial score (nSPS) is 26.6. The van der Waals surface area contributed by atoms with Gasteiger partial charge < -0.3 is 26.0 Å². The molecule has 4 N–H and O–H groups in total. The van der Waals surface area contributed by atoms with Crippen molar-refractivity contribution < 1.29 is 28.7 Å². The van der Waals surface area contributed by atoms with Gasteiger partial charge in [0.15, 0.2) is 0 Å². The standard InChI is InChI=1S/C24H38N4O6S2/c1-6-16-21(30)28-20(14(4)5)24(33)34-15(9-7-8-10-35)11-18(29)27-19(13(2)3)23(32)26-17(12-36)22(31)25-16/h6-7,9,13-15,17,19-20,35-36H,8,10-12H2,1-5H3,(H,25,31)(H,26,32)(H,27,29)(H,28,30)/b9-7+,16-6-/t15-,17-,19+,20+/m1/s1. The number of carbonyl (C=O) groups excluding carboxylic acids is 5. The van der Waals surface area contributed by atoms with E-state index < -0.39 is 53.8 Å². The Morgan fingerprint density at radius 1 is 0.944 bits per heavy atom.